The van der Waals surface area contributed by atoms with E-state index in [1.807, 2.05) is 17.8 Å². The summed E-state index contributed by atoms with van der Waals surface area (Å²) < 4.78 is 1.83. The summed E-state index contributed by atoms with van der Waals surface area (Å²) in [6, 6.07) is 10.5. The fourth-order valence-corrected chi connectivity index (χ4v) is 2.44. The molecule has 0 aliphatic heterocycles. The van der Waals surface area contributed by atoms with Gasteiger partial charge in [0, 0.05) is 33.2 Å². The van der Waals surface area contributed by atoms with Crippen LogP contribution in [0.25, 0.3) is 0 Å². The summed E-state index contributed by atoms with van der Waals surface area (Å²) in [5, 5.41) is 4.89. The van der Waals surface area contributed by atoms with Crippen LogP contribution in [0.2, 0.25) is 5.02 Å². The third kappa shape index (κ3) is 4.07. The third-order valence-corrected chi connectivity index (χ3v) is 3.70. The van der Waals surface area contributed by atoms with E-state index < -0.39 is 0 Å². The van der Waals surface area contributed by atoms with Crippen molar-refractivity contribution < 1.29 is 0 Å². The molecule has 0 aliphatic rings. The largest absolute Gasteiger partial charge is 0.329 e. The maximum atomic E-state index is 6.17. The molecule has 0 saturated heterocycles. The normalized spacial score (nSPS) is 11.2. The lowest BCUT2D eigenvalue weighted by Gasteiger charge is -2.21. The maximum absolute atomic E-state index is 6.17. The van der Waals surface area contributed by atoms with E-state index in [1.54, 1.807) is 6.20 Å². The fraction of sp³-hybridized carbons (Fsp3) is 0.400. The Balaban J connectivity index is 1.97. The standard InChI is InChI=1S/C15H21ClN4/c1-19-15(14(16)11-18-19)12-20(10-8-17)9-7-13-5-3-2-4-6-13/h2-6,11H,7-10,12,17H2,1H3. The molecule has 4 nitrogen and oxygen atoms in total. The molecular formula is C15H21ClN4. The lowest BCUT2D eigenvalue weighted by atomic mass is 10.1. The van der Waals surface area contributed by atoms with Crippen molar-refractivity contribution >= 4 is 11.6 Å². The van der Waals surface area contributed by atoms with E-state index >= 15 is 0 Å². The molecule has 2 aromatic rings. The summed E-state index contributed by atoms with van der Waals surface area (Å²) in [5.41, 5.74) is 8.08. The van der Waals surface area contributed by atoms with Crippen LogP contribution in [0.3, 0.4) is 0 Å². The van der Waals surface area contributed by atoms with E-state index in [2.05, 4.69) is 34.3 Å². The molecule has 0 unspecified atom stereocenters. The molecule has 0 amide bonds. The molecule has 1 aromatic carbocycles. The van der Waals surface area contributed by atoms with E-state index in [9.17, 15) is 0 Å². The van der Waals surface area contributed by atoms with Crippen LogP contribution in [0.15, 0.2) is 36.5 Å². The molecule has 0 atom stereocenters. The van der Waals surface area contributed by atoms with Crippen molar-refractivity contribution in [3.05, 3.63) is 52.8 Å². The third-order valence-electron chi connectivity index (χ3n) is 3.39. The van der Waals surface area contributed by atoms with Crippen molar-refractivity contribution in [3.63, 3.8) is 0 Å². The average Bonchev–Trinajstić information content (AvgIpc) is 2.78. The Hall–Kier alpha value is -1.36. The molecular weight excluding hydrogens is 272 g/mol. The van der Waals surface area contributed by atoms with Crippen LogP contribution in [0.4, 0.5) is 0 Å². The van der Waals surface area contributed by atoms with Gasteiger partial charge in [-0.1, -0.05) is 41.9 Å². The van der Waals surface area contributed by atoms with E-state index in [0.717, 1.165) is 31.7 Å². The number of aryl methyl sites for hydroxylation is 1. The summed E-state index contributed by atoms with van der Waals surface area (Å²) in [4.78, 5) is 2.32. The van der Waals surface area contributed by atoms with Gasteiger partial charge in [0.25, 0.3) is 0 Å². The van der Waals surface area contributed by atoms with E-state index in [0.29, 0.717) is 11.6 Å². The van der Waals surface area contributed by atoms with E-state index in [-0.39, 0.29) is 0 Å². The number of aromatic nitrogens is 2. The molecule has 0 spiro atoms. The van der Waals surface area contributed by atoms with Crippen molar-refractivity contribution in [2.24, 2.45) is 12.8 Å². The van der Waals surface area contributed by atoms with Crippen LogP contribution in [0.1, 0.15) is 11.3 Å². The number of nitrogens with two attached hydrogens (primary N) is 1. The topological polar surface area (TPSA) is 47.1 Å². The molecule has 0 fully saturated rings. The summed E-state index contributed by atoms with van der Waals surface area (Å²) >= 11 is 6.17. The van der Waals surface area contributed by atoms with Crippen molar-refractivity contribution in [2.75, 3.05) is 19.6 Å². The maximum Gasteiger partial charge on any atom is 0.0831 e. The van der Waals surface area contributed by atoms with Crippen molar-refractivity contribution in [2.45, 2.75) is 13.0 Å². The van der Waals surface area contributed by atoms with Gasteiger partial charge in [-0.05, 0) is 12.0 Å². The Morgan fingerprint density at radius 3 is 2.60 bits per heavy atom. The number of hydrogen-bond acceptors (Lipinski definition) is 3. The molecule has 108 valence electrons. The molecule has 0 saturated carbocycles. The van der Waals surface area contributed by atoms with Crippen LogP contribution in [-0.4, -0.2) is 34.3 Å². The van der Waals surface area contributed by atoms with Crippen molar-refractivity contribution in [3.8, 4) is 0 Å². The average molecular weight is 293 g/mol. The molecule has 0 aliphatic carbocycles. The zero-order valence-electron chi connectivity index (χ0n) is 11.8. The summed E-state index contributed by atoms with van der Waals surface area (Å²) in [7, 11) is 1.92. The van der Waals surface area contributed by atoms with Crippen LogP contribution >= 0.6 is 11.6 Å². The van der Waals surface area contributed by atoms with Gasteiger partial charge in [-0.2, -0.15) is 5.10 Å². The predicted molar refractivity (Wildman–Crippen MR) is 82.7 cm³/mol. The highest BCUT2D eigenvalue weighted by atomic mass is 35.5. The monoisotopic (exact) mass is 292 g/mol. The van der Waals surface area contributed by atoms with Crippen molar-refractivity contribution in [1.29, 1.82) is 0 Å². The number of nitrogens with zero attached hydrogens (tertiary/aromatic N) is 3. The second-order valence-corrected chi connectivity index (χ2v) is 5.27. The highest BCUT2D eigenvalue weighted by Gasteiger charge is 2.12. The Morgan fingerprint density at radius 2 is 2.00 bits per heavy atom. The minimum absolute atomic E-state index is 0.643. The molecule has 2 rings (SSSR count). The van der Waals surface area contributed by atoms with Crippen molar-refractivity contribution in [1.82, 2.24) is 14.7 Å². The van der Waals surface area contributed by atoms with E-state index in [1.165, 1.54) is 5.56 Å². The first-order valence-electron chi connectivity index (χ1n) is 6.83. The summed E-state index contributed by atoms with van der Waals surface area (Å²) in [6.45, 7) is 3.24. The van der Waals surface area contributed by atoms with Gasteiger partial charge >= 0.3 is 0 Å². The minimum atomic E-state index is 0.643. The van der Waals surface area contributed by atoms with Gasteiger partial charge in [-0.3, -0.25) is 9.58 Å². The Morgan fingerprint density at radius 1 is 1.25 bits per heavy atom. The number of benzene rings is 1. The first kappa shape index (κ1) is 15.0. The second kappa shape index (κ2) is 7.43. The molecule has 20 heavy (non-hydrogen) atoms. The summed E-state index contributed by atoms with van der Waals surface area (Å²) in [5.74, 6) is 0. The van der Waals surface area contributed by atoms with E-state index in [4.69, 9.17) is 17.3 Å². The zero-order valence-corrected chi connectivity index (χ0v) is 12.6. The first-order chi connectivity index (χ1) is 9.70. The van der Waals surface area contributed by atoms with Gasteiger partial charge in [0.15, 0.2) is 0 Å². The smallest absolute Gasteiger partial charge is 0.0831 e. The number of halogens is 1. The molecule has 0 bridgehead atoms. The quantitative estimate of drug-likeness (QED) is 0.850. The van der Waals surface area contributed by atoms with Gasteiger partial charge in [-0.25, -0.2) is 0 Å². The first-order valence-corrected chi connectivity index (χ1v) is 7.21. The van der Waals surface area contributed by atoms with Gasteiger partial charge in [0.1, 0.15) is 0 Å². The van der Waals surface area contributed by atoms with Gasteiger partial charge < -0.3 is 5.73 Å². The lowest BCUT2D eigenvalue weighted by molar-refractivity contribution is 0.269. The highest BCUT2D eigenvalue weighted by Crippen LogP contribution is 2.16. The van der Waals surface area contributed by atoms with Gasteiger partial charge in [-0.15, -0.1) is 0 Å². The van der Waals surface area contributed by atoms with Gasteiger partial charge in [0.05, 0.1) is 16.9 Å². The highest BCUT2D eigenvalue weighted by molar-refractivity contribution is 6.31. The van der Waals surface area contributed by atoms with Gasteiger partial charge in [0.2, 0.25) is 0 Å². The molecule has 5 heteroatoms. The van der Waals surface area contributed by atoms with Crippen LogP contribution in [0, 0.1) is 0 Å². The number of rotatable bonds is 7. The molecule has 1 heterocycles. The molecule has 2 N–H and O–H groups in total. The minimum Gasteiger partial charge on any atom is -0.329 e. The predicted octanol–water partition coefficient (Wildman–Crippen LogP) is 2.08. The molecule has 0 radical (unpaired) electrons. The summed E-state index contributed by atoms with van der Waals surface area (Å²) in [6.07, 6.45) is 2.70. The second-order valence-electron chi connectivity index (χ2n) is 4.86. The fourth-order valence-electron chi connectivity index (χ4n) is 2.21. The lowest BCUT2D eigenvalue weighted by Crippen LogP contribution is -2.31. The number of hydrogen-bond donors (Lipinski definition) is 1. The Labute approximate surface area is 125 Å². The SMILES string of the molecule is Cn1ncc(Cl)c1CN(CCN)CCc1ccccc1. The molecule has 1 aromatic heterocycles. The Kier molecular flexibility index (Phi) is 5.59. The zero-order chi connectivity index (χ0) is 14.4. The Bertz CT molecular complexity index is 504. The van der Waals surface area contributed by atoms with Crippen LogP contribution in [0.5, 0.6) is 0 Å². The van der Waals surface area contributed by atoms with Crippen LogP contribution in [-0.2, 0) is 20.0 Å². The van der Waals surface area contributed by atoms with Crippen LogP contribution < -0.4 is 5.73 Å².